The number of nitrogens with zero attached hydrogens (tertiary/aromatic N) is 4. The van der Waals surface area contributed by atoms with Gasteiger partial charge in [-0.2, -0.15) is 5.10 Å². The van der Waals surface area contributed by atoms with E-state index < -0.39 is 0 Å². The van der Waals surface area contributed by atoms with Gasteiger partial charge in [0.1, 0.15) is 0 Å². The number of ether oxygens (including phenoxy) is 1. The zero-order valence-electron chi connectivity index (χ0n) is 14.6. The van der Waals surface area contributed by atoms with Gasteiger partial charge in [-0.25, -0.2) is 0 Å². The van der Waals surface area contributed by atoms with Crippen molar-refractivity contribution in [2.75, 3.05) is 32.7 Å². The summed E-state index contributed by atoms with van der Waals surface area (Å²) in [5.41, 5.74) is 1.27. The van der Waals surface area contributed by atoms with Gasteiger partial charge in [-0.3, -0.25) is 14.5 Å². The lowest BCUT2D eigenvalue weighted by atomic mass is 10.1. The summed E-state index contributed by atoms with van der Waals surface area (Å²) in [7, 11) is 1.96. The molecular formula is C17H30N4O2. The van der Waals surface area contributed by atoms with E-state index in [-0.39, 0.29) is 18.3 Å². The maximum atomic E-state index is 10.6. The SMILES string of the molecule is C[C@@H]1CN(C[C@H](O)CN2CCC[C@H]2c2cnn(C)c2)C[C@@H](C)O1. The normalized spacial score (nSPS) is 31.6. The van der Waals surface area contributed by atoms with E-state index in [1.165, 1.54) is 12.0 Å². The molecule has 3 rings (SSSR count). The summed E-state index contributed by atoms with van der Waals surface area (Å²) in [5.74, 6) is 0. The molecule has 0 radical (unpaired) electrons. The second kappa shape index (κ2) is 7.30. The Labute approximate surface area is 139 Å². The maximum Gasteiger partial charge on any atom is 0.0794 e. The Kier molecular flexibility index (Phi) is 5.36. The monoisotopic (exact) mass is 322 g/mol. The van der Waals surface area contributed by atoms with Crippen LogP contribution in [-0.4, -0.2) is 75.7 Å². The summed E-state index contributed by atoms with van der Waals surface area (Å²) in [6.45, 7) is 8.56. The molecule has 2 aliphatic heterocycles. The number of aryl methyl sites for hydroxylation is 1. The third-order valence-electron chi connectivity index (χ3n) is 4.88. The molecule has 0 aliphatic carbocycles. The topological polar surface area (TPSA) is 53.8 Å². The maximum absolute atomic E-state index is 10.6. The van der Waals surface area contributed by atoms with Crippen molar-refractivity contribution in [2.24, 2.45) is 7.05 Å². The minimum absolute atomic E-state index is 0.251. The van der Waals surface area contributed by atoms with E-state index in [1.54, 1.807) is 0 Å². The van der Waals surface area contributed by atoms with E-state index in [0.717, 1.165) is 39.1 Å². The van der Waals surface area contributed by atoms with Crippen LogP contribution < -0.4 is 0 Å². The lowest BCUT2D eigenvalue weighted by Crippen LogP contribution is -2.49. The van der Waals surface area contributed by atoms with Gasteiger partial charge < -0.3 is 9.84 Å². The first-order valence-electron chi connectivity index (χ1n) is 8.79. The van der Waals surface area contributed by atoms with E-state index >= 15 is 0 Å². The van der Waals surface area contributed by atoms with Crippen LogP contribution in [0.4, 0.5) is 0 Å². The van der Waals surface area contributed by atoms with E-state index in [4.69, 9.17) is 4.74 Å². The summed E-state index contributed by atoms with van der Waals surface area (Å²) >= 11 is 0. The van der Waals surface area contributed by atoms with Crippen molar-refractivity contribution in [1.82, 2.24) is 19.6 Å². The molecule has 0 bridgehead atoms. The number of aliphatic hydroxyl groups is 1. The molecule has 0 saturated carbocycles. The smallest absolute Gasteiger partial charge is 0.0794 e. The van der Waals surface area contributed by atoms with Crippen molar-refractivity contribution in [3.05, 3.63) is 18.0 Å². The molecule has 130 valence electrons. The van der Waals surface area contributed by atoms with Gasteiger partial charge in [-0.05, 0) is 33.2 Å². The highest BCUT2D eigenvalue weighted by Crippen LogP contribution is 2.31. The second-order valence-electron chi connectivity index (χ2n) is 7.23. The minimum atomic E-state index is -0.315. The van der Waals surface area contributed by atoms with Gasteiger partial charge in [-0.15, -0.1) is 0 Å². The fourth-order valence-electron chi connectivity index (χ4n) is 4.09. The van der Waals surface area contributed by atoms with E-state index in [2.05, 4.69) is 34.9 Å². The Hall–Kier alpha value is -0.950. The van der Waals surface area contributed by atoms with Crippen LogP contribution in [0.1, 0.15) is 38.3 Å². The number of hydrogen-bond donors (Lipinski definition) is 1. The van der Waals surface area contributed by atoms with Gasteiger partial charge in [0.2, 0.25) is 0 Å². The largest absolute Gasteiger partial charge is 0.390 e. The molecule has 2 saturated heterocycles. The Bertz CT molecular complexity index is 497. The molecule has 3 heterocycles. The molecule has 0 amide bonds. The van der Waals surface area contributed by atoms with Crippen LogP contribution >= 0.6 is 0 Å². The Morgan fingerprint density at radius 2 is 2.04 bits per heavy atom. The Morgan fingerprint density at radius 1 is 1.30 bits per heavy atom. The van der Waals surface area contributed by atoms with Crippen molar-refractivity contribution in [1.29, 1.82) is 0 Å². The van der Waals surface area contributed by atoms with Crippen LogP contribution in [0.3, 0.4) is 0 Å². The number of β-amino-alcohol motifs (C(OH)–C–C–N with tert-alkyl or cyclic N) is 1. The molecule has 6 nitrogen and oxygen atoms in total. The van der Waals surface area contributed by atoms with Gasteiger partial charge in [-0.1, -0.05) is 0 Å². The highest BCUT2D eigenvalue weighted by Gasteiger charge is 2.30. The first-order valence-corrected chi connectivity index (χ1v) is 8.79. The van der Waals surface area contributed by atoms with Crippen LogP contribution in [0, 0.1) is 0 Å². The number of aliphatic hydroxyl groups excluding tert-OH is 1. The Morgan fingerprint density at radius 3 is 2.70 bits per heavy atom. The van der Waals surface area contributed by atoms with Crippen molar-refractivity contribution in [3.63, 3.8) is 0 Å². The molecule has 0 unspecified atom stereocenters. The molecule has 1 N–H and O–H groups in total. The molecule has 1 aromatic rings. The van der Waals surface area contributed by atoms with Crippen molar-refractivity contribution < 1.29 is 9.84 Å². The van der Waals surface area contributed by atoms with Crippen molar-refractivity contribution in [2.45, 2.75) is 51.0 Å². The summed E-state index contributed by atoms with van der Waals surface area (Å²) < 4.78 is 7.63. The van der Waals surface area contributed by atoms with Crippen LogP contribution in [-0.2, 0) is 11.8 Å². The lowest BCUT2D eigenvalue weighted by Gasteiger charge is -2.37. The van der Waals surface area contributed by atoms with E-state index in [1.807, 2.05) is 17.9 Å². The van der Waals surface area contributed by atoms with Crippen molar-refractivity contribution >= 4 is 0 Å². The number of likely N-dealkylation sites (tertiary alicyclic amines) is 1. The summed E-state index contributed by atoms with van der Waals surface area (Å²) in [6, 6.07) is 0.404. The van der Waals surface area contributed by atoms with Crippen LogP contribution in [0.2, 0.25) is 0 Å². The summed E-state index contributed by atoms with van der Waals surface area (Å²) in [6.07, 6.45) is 6.59. The minimum Gasteiger partial charge on any atom is -0.390 e. The predicted octanol–water partition coefficient (Wildman–Crippen LogP) is 1.03. The molecule has 2 aliphatic rings. The first-order chi connectivity index (χ1) is 11.0. The van der Waals surface area contributed by atoms with E-state index in [9.17, 15) is 5.11 Å². The zero-order valence-corrected chi connectivity index (χ0v) is 14.6. The molecule has 2 fully saturated rings. The van der Waals surface area contributed by atoms with Gasteiger partial charge >= 0.3 is 0 Å². The van der Waals surface area contributed by atoms with Crippen LogP contribution in [0.25, 0.3) is 0 Å². The second-order valence-corrected chi connectivity index (χ2v) is 7.23. The number of aromatic nitrogens is 2. The summed E-state index contributed by atoms with van der Waals surface area (Å²) in [5, 5.41) is 14.8. The number of hydrogen-bond acceptors (Lipinski definition) is 5. The average Bonchev–Trinajstić information content (AvgIpc) is 3.06. The van der Waals surface area contributed by atoms with E-state index in [0.29, 0.717) is 6.04 Å². The van der Waals surface area contributed by atoms with Gasteiger partial charge in [0.05, 0.1) is 24.5 Å². The highest BCUT2D eigenvalue weighted by molar-refractivity contribution is 5.12. The van der Waals surface area contributed by atoms with Gasteiger partial charge in [0.15, 0.2) is 0 Å². The first kappa shape index (κ1) is 16.9. The molecule has 0 aromatic carbocycles. The fraction of sp³-hybridized carbons (Fsp3) is 0.824. The molecular weight excluding hydrogens is 292 g/mol. The molecule has 4 atom stereocenters. The standard InChI is InChI=1S/C17H30N4O2/c1-13-8-20(9-14(2)23-13)11-16(22)12-21-6-4-5-17(21)15-7-18-19(3)10-15/h7,10,13-14,16-17,22H,4-6,8-9,11-12H2,1-3H3/t13-,14-,16+,17+/m1/s1. The molecule has 6 heteroatoms. The molecule has 23 heavy (non-hydrogen) atoms. The molecule has 1 aromatic heterocycles. The number of rotatable bonds is 5. The highest BCUT2D eigenvalue weighted by atomic mass is 16.5. The number of morpholine rings is 1. The fourth-order valence-corrected chi connectivity index (χ4v) is 4.09. The summed E-state index contributed by atoms with van der Waals surface area (Å²) in [4.78, 5) is 4.74. The third kappa shape index (κ3) is 4.32. The van der Waals surface area contributed by atoms with Crippen molar-refractivity contribution in [3.8, 4) is 0 Å². The third-order valence-corrected chi connectivity index (χ3v) is 4.88. The Balaban J connectivity index is 1.53. The van der Waals surface area contributed by atoms with Crippen LogP contribution in [0.15, 0.2) is 12.4 Å². The quantitative estimate of drug-likeness (QED) is 0.877. The average molecular weight is 322 g/mol. The molecule has 0 spiro atoms. The zero-order chi connectivity index (χ0) is 16.4. The predicted molar refractivity (Wildman–Crippen MR) is 89.2 cm³/mol. The van der Waals surface area contributed by atoms with Gasteiger partial charge in [0, 0.05) is 51.0 Å². The van der Waals surface area contributed by atoms with Crippen LogP contribution in [0.5, 0.6) is 0 Å². The lowest BCUT2D eigenvalue weighted by molar-refractivity contribution is -0.0782. The van der Waals surface area contributed by atoms with Gasteiger partial charge in [0.25, 0.3) is 0 Å².